The van der Waals surface area contributed by atoms with E-state index in [9.17, 15) is 13.2 Å². The van der Waals surface area contributed by atoms with Crippen molar-refractivity contribution in [2.24, 2.45) is 0 Å². The van der Waals surface area contributed by atoms with E-state index in [1.807, 2.05) is 0 Å². The van der Waals surface area contributed by atoms with Crippen molar-refractivity contribution in [2.45, 2.75) is 17.7 Å². The van der Waals surface area contributed by atoms with Crippen LogP contribution in [0.15, 0.2) is 29.2 Å². The Morgan fingerprint density at radius 3 is 2.39 bits per heavy atom. The van der Waals surface area contributed by atoms with Crippen LogP contribution in [-0.2, 0) is 14.8 Å². The molecule has 0 amide bonds. The van der Waals surface area contributed by atoms with Crippen LogP contribution < -0.4 is 0 Å². The fourth-order valence-electron chi connectivity index (χ4n) is 1.36. The van der Waals surface area contributed by atoms with Gasteiger partial charge in [0, 0.05) is 23.6 Å². The van der Waals surface area contributed by atoms with Crippen LogP contribution >= 0.6 is 22.6 Å². The molecule has 0 aliphatic rings. The molecular formula is C11H14INO4S. The van der Waals surface area contributed by atoms with Crippen molar-refractivity contribution < 1.29 is 18.3 Å². The second kappa shape index (κ2) is 6.48. The number of nitrogens with zero attached hydrogens (tertiary/aromatic N) is 1. The molecule has 7 heteroatoms. The molecule has 0 unspecified atom stereocenters. The Kier molecular flexibility index (Phi) is 5.54. The molecule has 1 aromatic rings. The van der Waals surface area contributed by atoms with Gasteiger partial charge in [-0.05, 0) is 53.3 Å². The number of carboxylic acids is 1. The highest BCUT2D eigenvalue weighted by Crippen LogP contribution is 2.16. The predicted molar refractivity (Wildman–Crippen MR) is 75.8 cm³/mol. The largest absolute Gasteiger partial charge is 0.481 e. The third-order valence-corrected chi connectivity index (χ3v) is 4.98. The lowest BCUT2D eigenvalue weighted by Gasteiger charge is -2.16. The molecular weight excluding hydrogens is 369 g/mol. The fraction of sp³-hybridized carbons (Fsp3) is 0.364. The van der Waals surface area contributed by atoms with Crippen LogP contribution in [0.2, 0.25) is 0 Å². The van der Waals surface area contributed by atoms with Crippen LogP contribution in [0, 0.1) is 3.57 Å². The summed E-state index contributed by atoms with van der Waals surface area (Å²) < 4.78 is 26.3. The molecule has 0 aliphatic carbocycles. The number of carboxylic acid groups (broad SMARTS) is 1. The number of rotatable bonds is 6. The molecule has 0 aliphatic heterocycles. The molecule has 1 aromatic carbocycles. The number of hydrogen-bond acceptors (Lipinski definition) is 3. The first-order valence-corrected chi connectivity index (χ1v) is 7.79. The fourth-order valence-corrected chi connectivity index (χ4v) is 2.93. The van der Waals surface area contributed by atoms with Crippen LogP contribution in [0.25, 0.3) is 0 Å². The molecule has 0 radical (unpaired) electrons. The Morgan fingerprint density at radius 2 is 1.89 bits per heavy atom. The van der Waals surface area contributed by atoms with E-state index in [0.29, 0.717) is 6.42 Å². The van der Waals surface area contributed by atoms with Gasteiger partial charge in [-0.1, -0.05) is 0 Å². The summed E-state index contributed by atoms with van der Waals surface area (Å²) >= 11 is 2.10. The molecule has 0 heterocycles. The van der Waals surface area contributed by atoms with Gasteiger partial charge in [-0.15, -0.1) is 0 Å². The number of hydrogen-bond donors (Lipinski definition) is 1. The molecule has 1 N–H and O–H groups in total. The van der Waals surface area contributed by atoms with Crippen LogP contribution in [0.4, 0.5) is 0 Å². The highest BCUT2D eigenvalue weighted by molar-refractivity contribution is 14.1. The summed E-state index contributed by atoms with van der Waals surface area (Å²) in [6, 6.07) is 6.53. The average Bonchev–Trinajstić information content (AvgIpc) is 2.28. The lowest BCUT2D eigenvalue weighted by molar-refractivity contribution is -0.137. The number of sulfonamides is 1. The minimum absolute atomic E-state index is 0.0352. The van der Waals surface area contributed by atoms with Gasteiger partial charge in [-0.25, -0.2) is 12.7 Å². The van der Waals surface area contributed by atoms with Crippen molar-refractivity contribution in [3.05, 3.63) is 27.8 Å². The second-order valence-electron chi connectivity index (χ2n) is 3.78. The highest BCUT2D eigenvalue weighted by atomic mass is 127. The summed E-state index contributed by atoms with van der Waals surface area (Å²) in [5.41, 5.74) is 0. The first-order chi connectivity index (χ1) is 8.34. The van der Waals surface area contributed by atoms with Crippen molar-refractivity contribution in [3.8, 4) is 0 Å². The third-order valence-electron chi connectivity index (χ3n) is 2.39. The van der Waals surface area contributed by atoms with Gasteiger partial charge in [0.1, 0.15) is 0 Å². The quantitative estimate of drug-likeness (QED) is 0.760. The maximum atomic E-state index is 12.1. The van der Waals surface area contributed by atoms with Gasteiger partial charge in [-0.3, -0.25) is 4.79 Å². The Hall–Kier alpha value is -0.670. The average molecular weight is 383 g/mol. The minimum atomic E-state index is -3.52. The van der Waals surface area contributed by atoms with Crippen molar-refractivity contribution in [2.75, 3.05) is 13.6 Å². The van der Waals surface area contributed by atoms with E-state index in [0.717, 1.165) is 3.57 Å². The SMILES string of the molecule is CN(CCCC(=O)O)S(=O)(=O)c1ccc(I)cc1. The molecule has 1 rings (SSSR count). The van der Waals surface area contributed by atoms with Gasteiger partial charge in [0.05, 0.1) is 4.90 Å². The minimum Gasteiger partial charge on any atom is -0.481 e. The zero-order chi connectivity index (χ0) is 13.8. The Labute approximate surface area is 120 Å². The van der Waals surface area contributed by atoms with E-state index in [1.54, 1.807) is 24.3 Å². The summed E-state index contributed by atoms with van der Waals surface area (Å²) in [5.74, 6) is -0.921. The standard InChI is InChI=1S/C11H14INO4S/c1-13(8-2-3-11(14)15)18(16,17)10-6-4-9(12)5-7-10/h4-7H,2-3,8H2,1H3,(H,14,15). The summed E-state index contributed by atoms with van der Waals surface area (Å²) in [7, 11) is -2.06. The topological polar surface area (TPSA) is 74.7 Å². The van der Waals surface area contributed by atoms with Crippen molar-refractivity contribution in [3.63, 3.8) is 0 Å². The van der Waals surface area contributed by atoms with Gasteiger partial charge in [0.2, 0.25) is 10.0 Å². The van der Waals surface area contributed by atoms with Gasteiger partial charge in [0.15, 0.2) is 0 Å². The Bertz CT molecular complexity index is 512. The van der Waals surface area contributed by atoms with Crippen molar-refractivity contribution >= 4 is 38.6 Å². The van der Waals surface area contributed by atoms with Crippen molar-refractivity contribution in [1.82, 2.24) is 4.31 Å². The lowest BCUT2D eigenvalue weighted by Crippen LogP contribution is -2.28. The molecule has 5 nitrogen and oxygen atoms in total. The van der Waals surface area contributed by atoms with Crippen molar-refractivity contribution in [1.29, 1.82) is 0 Å². The molecule has 0 fully saturated rings. The van der Waals surface area contributed by atoms with Crippen LogP contribution in [-0.4, -0.2) is 37.4 Å². The zero-order valence-electron chi connectivity index (χ0n) is 9.84. The summed E-state index contributed by atoms with van der Waals surface area (Å²) in [5, 5.41) is 8.51. The maximum absolute atomic E-state index is 12.1. The molecule has 18 heavy (non-hydrogen) atoms. The predicted octanol–water partition coefficient (Wildman–Crippen LogP) is 1.78. The zero-order valence-corrected chi connectivity index (χ0v) is 12.8. The Balaban J connectivity index is 2.73. The van der Waals surface area contributed by atoms with E-state index in [1.165, 1.54) is 11.4 Å². The smallest absolute Gasteiger partial charge is 0.303 e. The van der Waals surface area contributed by atoms with Gasteiger partial charge in [-0.2, -0.15) is 0 Å². The van der Waals surface area contributed by atoms with E-state index in [4.69, 9.17) is 5.11 Å². The van der Waals surface area contributed by atoms with Crippen LogP contribution in [0.3, 0.4) is 0 Å². The maximum Gasteiger partial charge on any atom is 0.303 e. The normalized spacial score (nSPS) is 11.7. The van der Waals surface area contributed by atoms with Gasteiger partial charge in [0.25, 0.3) is 0 Å². The monoisotopic (exact) mass is 383 g/mol. The molecule has 0 bridgehead atoms. The molecule has 0 saturated heterocycles. The molecule has 100 valence electrons. The number of aliphatic carboxylic acids is 1. The van der Waals surface area contributed by atoms with E-state index in [-0.39, 0.29) is 17.9 Å². The van der Waals surface area contributed by atoms with Crippen LogP contribution in [0.5, 0.6) is 0 Å². The first-order valence-electron chi connectivity index (χ1n) is 5.28. The van der Waals surface area contributed by atoms with E-state index < -0.39 is 16.0 Å². The van der Waals surface area contributed by atoms with Gasteiger partial charge < -0.3 is 5.11 Å². The highest BCUT2D eigenvalue weighted by Gasteiger charge is 2.20. The number of benzene rings is 1. The summed E-state index contributed by atoms with van der Waals surface area (Å²) in [4.78, 5) is 10.6. The second-order valence-corrected chi connectivity index (χ2v) is 7.07. The van der Waals surface area contributed by atoms with Crippen LogP contribution in [0.1, 0.15) is 12.8 Å². The molecule has 0 saturated carbocycles. The molecule has 0 atom stereocenters. The molecule has 0 aromatic heterocycles. The third kappa shape index (κ3) is 4.21. The lowest BCUT2D eigenvalue weighted by atomic mass is 10.3. The van der Waals surface area contributed by atoms with E-state index >= 15 is 0 Å². The number of halogens is 1. The van der Waals surface area contributed by atoms with Gasteiger partial charge >= 0.3 is 5.97 Å². The van der Waals surface area contributed by atoms with E-state index in [2.05, 4.69) is 22.6 Å². The summed E-state index contributed by atoms with van der Waals surface area (Å²) in [6.45, 7) is 0.195. The molecule has 0 spiro atoms. The Morgan fingerprint density at radius 1 is 1.33 bits per heavy atom. The number of carbonyl (C=O) groups is 1. The summed E-state index contributed by atoms with van der Waals surface area (Å²) in [6.07, 6.45) is 0.266. The first kappa shape index (κ1) is 15.4.